The minimum Gasteiger partial charge on any atom is -0.478 e. The Morgan fingerprint density at radius 2 is 2.00 bits per heavy atom. The molecule has 1 heterocycles. The molecule has 0 atom stereocenters. The summed E-state index contributed by atoms with van der Waals surface area (Å²) in [5.74, 6) is -2.20. The number of hydrogen-bond donors (Lipinski definition) is 1. The van der Waals surface area contributed by atoms with Crippen LogP contribution in [0.3, 0.4) is 0 Å². The first kappa shape index (κ1) is 14.9. The molecule has 2 aromatic rings. The predicted octanol–water partition coefficient (Wildman–Crippen LogP) is 1.74. The molecular weight excluding hydrogens is 299 g/mol. The lowest BCUT2D eigenvalue weighted by Gasteiger charge is -2.19. The molecule has 0 unspecified atom stereocenters. The predicted molar refractivity (Wildman–Crippen MR) is 73.2 cm³/mol. The van der Waals surface area contributed by atoms with Crippen LogP contribution in [0.25, 0.3) is 0 Å². The summed E-state index contributed by atoms with van der Waals surface area (Å²) in [4.78, 5) is 14.4. The molecule has 1 N–H and O–H groups in total. The van der Waals surface area contributed by atoms with Gasteiger partial charge in [0.15, 0.2) is 0 Å². The van der Waals surface area contributed by atoms with Crippen LogP contribution in [0.15, 0.2) is 47.5 Å². The molecule has 0 bridgehead atoms. The van der Waals surface area contributed by atoms with Crippen LogP contribution in [0, 0.1) is 5.82 Å². The van der Waals surface area contributed by atoms with E-state index in [9.17, 15) is 17.6 Å². The molecule has 8 heteroatoms. The van der Waals surface area contributed by atoms with E-state index in [1.165, 1.54) is 19.3 Å². The van der Waals surface area contributed by atoms with Crippen molar-refractivity contribution in [2.24, 2.45) is 0 Å². The van der Waals surface area contributed by atoms with Gasteiger partial charge in [-0.3, -0.25) is 4.31 Å². The molecule has 1 aromatic heterocycles. The fraction of sp³-hybridized carbons (Fsp3) is 0.0769. The largest absolute Gasteiger partial charge is 0.478 e. The highest BCUT2D eigenvalue weighted by Crippen LogP contribution is 2.24. The summed E-state index contributed by atoms with van der Waals surface area (Å²) in [6.45, 7) is 0. The molecule has 0 saturated carbocycles. The van der Waals surface area contributed by atoms with Crippen LogP contribution in [-0.2, 0) is 10.0 Å². The van der Waals surface area contributed by atoms with Crippen molar-refractivity contribution in [1.29, 1.82) is 0 Å². The van der Waals surface area contributed by atoms with Gasteiger partial charge in [-0.25, -0.2) is 22.6 Å². The summed E-state index contributed by atoms with van der Waals surface area (Å²) >= 11 is 0. The first-order valence-electron chi connectivity index (χ1n) is 5.77. The summed E-state index contributed by atoms with van der Waals surface area (Å²) < 4.78 is 39.0. The zero-order valence-electron chi connectivity index (χ0n) is 10.9. The highest BCUT2D eigenvalue weighted by molar-refractivity contribution is 7.92. The standard InChI is InChI=1S/C13H11FN2O4S/c1-16(12-4-2-3-7-15-12)21(19,20)11-8-9(14)5-6-10(11)13(17)18/h2-8H,1H3,(H,17,18). The first-order valence-corrected chi connectivity index (χ1v) is 7.21. The number of hydrogen-bond acceptors (Lipinski definition) is 4. The van der Waals surface area contributed by atoms with Crippen LogP contribution in [0.5, 0.6) is 0 Å². The van der Waals surface area contributed by atoms with Crippen LogP contribution in [0.4, 0.5) is 10.2 Å². The Kier molecular flexibility index (Phi) is 3.90. The van der Waals surface area contributed by atoms with Gasteiger partial charge in [0.25, 0.3) is 10.0 Å². The van der Waals surface area contributed by atoms with Gasteiger partial charge in [-0.15, -0.1) is 0 Å². The molecule has 21 heavy (non-hydrogen) atoms. The summed E-state index contributed by atoms with van der Waals surface area (Å²) in [6, 6.07) is 7.11. The summed E-state index contributed by atoms with van der Waals surface area (Å²) in [7, 11) is -3.02. The maximum Gasteiger partial charge on any atom is 0.337 e. The first-order chi connectivity index (χ1) is 9.84. The fourth-order valence-electron chi connectivity index (χ4n) is 1.70. The molecule has 0 aliphatic heterocycles. The maximum absolute atomic E-state index is 13.3. The smallest absolute Gasteiger partial charge is 0.337 e. The molecule has 110 valence electrons. The average molecular weight is 310 g/mol. The maximum atomic E-state index is 13.3. The molecule has 0 amide bonds. The van der Waals surface area contributed by atoms with Gasteiger partial charge in [-0.1, -0.05) is 6.07 Å². The second-order valence-electron chi connectivity index (χ2n) is 4.11. The van der Waals surface area contributed by atoms with Crippen LogP contribution >= 0.6 is 0 Å². The van der Waals surface area contributed by atoms with Crippen molar-refractivity contribution in [3.63, 3.8) is 0 Å². The Labute approximate surface area is 120 Å². The summed E-state index contributed by atoms with van der Waals surface area (Å²) in [6.07, 6.45) is 1.39. The Balaban J connectivity index is 2.59. The van der Waals surface area contributed by atoms with E-state index in [4.69, 9.17) is 5.11 Å². The number of benzene rings is 1. The summed E-state index contributed by atoms with van der Waals surface area (Å²) in [5.41, 5.74) is -0.501. The number of halogens is 1. The molecule has 1 aromatic carbocycles. The van der Waals surface area contributed by atoms with Crippen LogP contribution in [0.2, 0.25) is 0 Å². The lowest BCUT2D eigenvalue weighted by Crippen LogP contribution is -2.29. The Morgan fingerprint density at radius 1 is 1.29 bits per heavy atom. The number of sulfonamides is 1. The number of anilines is 1. The normalized spacial score (nSPS) is 11.1. The zero-order chi connectivity index (χ0) is 15.6. The van der Waals surface area contributed by atoms with E-state index in [1.807, 2.05) is 0 Å². The van der Waals surface area contributed by atoms with Gasteiger partial charge in [0, 0.05) is 13.2 Å². The minimum atomic E-state index is -4.24. The van der Waals surface area contributed by atoms with Crippen LogP contribution in [-0.4, -0.2) is 31.5 Å². The lowest BCUT2D eigenvalue weighted by atomic mass is 10.2. The number of aromatic nitrogens is 1. The molecule has 0 aliphatic rings. The molecule has 2 rings (SSSR count). The lowest BCUT2D eigenvalue weighted by molar-refractivity contribution is 0.0692. The minimum absolute atomic E-state index is 0.0955. The van der Waals surface area contributed by atoms with E-state index in [1.54, 1.807) is 12.1 Å². The van der Waals surface area contributed by atoms with Gasteiger partial charge in [-0.05, 0) is 30.3 Å². The van der Waals surface area contributed by atoms with Crippen LogP contribution in [0.1, 0.15) is 10.4 Å². The van der Waals surface area contributed by atoms with Crippen molar-refractivity contribution in [3.05, 3.63) is 54.0 Å². The number of carbonyl (C=O) groups is 1. The quantitative estimate of drug-likeness (QED) is 0.929. The van der Waals surface area contributed by atoms with E-state index < -0.39 is 32.3 Å². The van der Waals surface area contributed by atoms with Gasteiger partial charge in [0.2, 0.25) is 0 Å². The highest BCUT2D eigenvalue weighted by atomic mass is 32.2. The Bertz CT molecular complexity index is 778. The molecule has 0 spiro atoms. The number of nitrogens with zero attached hydrogens (tertiary/aromatic N) is 2. The second kappa shape index (κ2) is 5.49. The number of pyridine rings is 1. The molecular formula is C13H11FN2O4S. The Morgan fingerprint density at radius 3 is 2.57 bits per heavy atom. The fourth-order valence-corrected chi connectivity index (χ4v) is 3.04. The molecule has 0 aliphatic carbocycles. The molecule has 0 fully saturated rings. The van der Waals surface area contributed by atoms with Crippen molar-refractivity contribution in [2.75, 3.05) is 11.4 Å². The SMILES string of the molecule is CN(c1ccccn1)S(=O)(=O)c1cc(F)ccc1C(=O)O. The number of rotatable bonds is 4. The monoisotopic (exact) mass is 310 g/mol. The van der Waals surface area contributed by atoms with E-state index in [-0.39, 0.29) is 5.82 Å². The van der Waals surface area contributed by atoms with E-state index >= 15 is 0 Å². The van der Waals surface area contributed by atoms with E-state index in [0.717, 1.165) is 16.4 Å². The number of carboxylic acid groups (broad SMARTS) is 1. The third-order valence-electron chi connectivity index (χ3n) is 2.78. The topological polar surface area (TPSA) is 87.6 Å². The summed E-state index contributed by atoms with van der Waals surface area (Å²) in [5, 5.41) is 9.05. The van der Waals surface area contributed by atoms with Gasteiger partial charge in [0.05, 0.1) is 5.56 Å². The number of carboxylic acids is 1. The third-order valence-corrected chi connectivity index (χ3v) is 4.59. The third kappa shape index (κ3) is 2.84. The molecule has 6 nitrogen and oxygen atoms in total. The van der Waals surface area contributed by atoms with E-state index in [2.05, 4.69) is 4.98 Å². The second-order valence-corrected chi connectivity index (χ2v) is 6.04. The van der Waals surface area contributed by atoms with Crippen molar-refractivity contribution < 1.29 is 22.7 Å². The van der Waals surface area contributed by atoms with Crippen molar-refractivity contribution in [2.45, 2.75) is 4.90 Å². The van der Waals surface area contributed by atoms with Crippen molar-refractivity contribution in [3.8, 4) is 0 Å². The van der Waals surface area contributed by atoms with Gasteiger partial charge in [0.1, 0.15) is 16.5 Å². The van der Waals surface area contributed by atoms with Gasteiger partial charge >= 0.3 is 5.97 Å². The number of aromatic carboxylic acids is 1. The zero-order valence-corrected chi connectivity index (χ0v) is 11.7. The average Bonchev–Trinajstić information content (AvgIpc) is 2.47. The van der Waals surface area contributed by atoms with Crippen molar-refractivity contribution in [1.82, 2.24) is 4.98 Å². The Hall–Kier alpha value is -2.48. The molecule has 0 radical (unpaired) electrons. The highest BCUT2D eigenvalue weighted by Gasteiger charge is 2.28. The van der Waals surface area contributed by atoms with Gasteiger partial charge < -0.3 is 5.11 Å². The van der Waals surface area contributed by atoms with Gasteiger partial charge in [-0.2, -0.15) is 0 Å². The van der Waals surface area contributed by atoms with Crippen molar-refractivity contribution >= 4 is 21.8 Å². The van der Waals surface area contributed by atoms with Crippen LogP contribution < -0.4 is 4.31 Å². The molecule has 0 saturated heterocycles. The van der Waals surface area contributed by atoms with E-state index in [0.29, 0.717) is 6.07 Å².